The fraction of sp³-hybridized carbons (Fsp3) is 0.600. The van der Waals surface area contributed by atoms with Gasteiger partial charge in [-0.3, -0.25) is 0 Å². The van der Waals surface area contributed by atoms with Gasteiger partial charge in [-0.15, -0.1) is 0 Å². The van der Waals surface area contributed by atoms with Gasteiger partial charge in [-0.05, 0) is 30.5 Å². The van der Waals surface area contributed by atoms with Crippen LogP contribution in [0.3, 0.4) is 0 Å². The lowest BCUT2D eigenvalue weighted by Crippen LogP contribution is -2.23. The molecule has 0 amide bonds. The minimum Gasteiger partial charge on any atom is -0.374 e. The minimum atomic E-state index is 0.704. The molecule has 0 bridgehead atoms. The van der Waals surface area contributed by atoms with Gasteiger partial charge in [0.05, 0.1) is 0 Å². The van der Waals surface area contributed by atoms with Gasteiger partial charge in [0.25, 0.3) is 0 Å². The van der Waals surface area contributed by atoms with Gasteiger partial charge in [0.15, 0.2) is 0 Å². The predicted octanol–water partition coefficient (Wildman–Crippen LogP) is 3.28. The first kappa shape index (κ1) is 14.0. The summed E-state index contributed by atoms with van der Waals surface area (Å²) in [4.78, 5) is 2.34. The Morgan fingerprint density at radius 1 is 1.24 bits per heavy atom. The molecule has 0 unspecified atom stereocenters. The van der Waals surface area contributed by atoms with E-state index in [1.165, 1.54) is 17.7 Å². The van der Waals surface area contributed by atoms with Crippen molar-refractivity contribution >= 4 is 5.69 Å². The van der Waals surface area contributed by atoms with E-state index >= 15 is 0 Å². The van der Waals surface area contributed by atoms with Crippen LogP contribution < -0.4 is 10.2 Å². The Labute approximate surface area is 106 Å². The van der Waals surface area contributed by atoms with Crippen LogP contribution in [0.2, 0.25) is 0 Å². The van der Waals surface area contributed by atoms with Gasteiger partial charge < -0.3 is 10.2 Å². The SMILES string of the molecule is CCCN(C)c1ccccc1CNCC(C)C. The van der Waals surface area contributed by atoms with Crippen LogP contribution >= 0.6 is 0 Å². The Kier molecular flexibility index (Phi) is 6.06. The number of para-hydroxylation sites is 1. The molecular weight excluding hydrogens is 208 g/mol. The Morgan fingerprint density at radius 2 is 1.94 bits per heavy atom. The second-order valence-electron chi connectivity index (χ2n) is 5.08. The average molecular weight is 234 g/mol. The van der Waals surface area contributed by atoms with E-state index in [2.05, 4.69) is 62.3 Å². The maximum atomic E-state index is 3.51. The molecule has 17 heavy (non-hydrogen) atoms. The molecule has 0 atom stereocenters. The molecule has 0 aliphatic rings. The third-order valence-corrected chi connectivity index (χ3v) is 2.83. The van der Waals surface area contributed by atoms with E-state index < -0.39 is 0 Å². The first-order chi connectivity index (χ1) is 8.15. The van der Waals surface area contributed by atoms with Crippen molar-refractivity contribution in [3.05, 3.63) is 29.8 Å². The van der Waals surface area contributed by atoms with Crippen LogP contribution in [0.15, 0.2) is 24.3 Å². The van der Waals surface area contributed by atoms with Crippen molar-refractivity contribution < 1.29 is 0 Å². The fourth-order valence-corrected chi connectivity index (χ4v) is 1.98. The van der Waals surface area contributed by atoms with Crippen molar-refractivity contribution in [2.45, 2.75) is 33.7 Å². The molecule has 2 heteroatoms. The quantitative estimate of drug-likeness (QED) is 0.779. The Hall–Kier alpha value is -1.02. The number of nitrogens with zero attached hydrogens (tertiary/aromatic N) is 1. The van der Waals surface area contributed by atoms with Gasteiger partial charge in [0.2, 0.25) is 0 Å². The summed E-state index contributed by atoms with van der Waals surface area (Å²) in [6, 6.07) is 8.67. The smallest absolute Gasteiger partial charge is 0.0409 e. The largest absolute Gasteiger partial charge is 0.374 e. The van der Waals surface area contributed by atoms with Crippen molar-refractivity contribution in [2.75, 3.05) is 25.0 Å². The summed E-state index contributed by atoms with van der Waals surface area (Å²) >= 11 is 0. The van der Waals surface area contributed by atoms with Crippen molar-refractivity contribution in [1.82, 2.24) is 5.32 Å². The normalized spacial score (nSPS) is 10.9. The molecule has 0 saturated heterocycles. The molecule has 96 valence electrons. The zero-order chi connectivity index (χ0) is 12.7. The first-order valence-electron chi connectivity index (χ1n) is 6.65. The summed E-state index contributed by atoms with van der Waals surface area (Å²) in [7, 11) is 2.17. The average Bonchev–Trinajstić information content (AvgIpc) is 2.29. The third-order valence-electron chi connectivity index (χ3n) is 2.83. The van der Waals surface area contributed by atoms with E-state index in [-0.39, 0.29) is 0 Å². The van der Waals surface area contributed by atoms with Crippen LogP contribution in [0.5, 0.6) is 0 Å². The summed E-state index contributed by atoms with van der Waals surface area (Å²) in [6.45, 7) is 9.84. The molecule has 1 aromatic carbocycles. The van der Waals surface area contributed by atoms with Crippen molar-refractivity contribution in [3.8, 4) is 0 Å². The van der Waals surface area contributed by atoms with E-state index in [1.807, 2.05) is 0 Å². The van der Waals surface area contributed by atoms with Gasteiger partial charge >= 0.3 is 0 Å². The number of rotatable bonds is 7. The fourth-order valence-electron chi connectivity index (χ4n) is 1.98. The Bertz CT molecular complexity index is 320. The van der Waals surface area contributed by atoms with Crippen molar-refractivity contribution in [1.29, 1.82) is 0 Å². The van der Waals surface area contributed by atoms with E-state index in [0.29, 0.717) is 5.92 Å². The molecule has 1 aromatic rings. The van der Waals surface area contributed by atoms with Gasteiger partial charge in [-0.2, -0.15) is 0 Å². The number of hydrogen-bond donors (Lipinski definition) is 1. The van der Waals surface area contributed by atoms with Crippen LogP contribution in [-0.2, 0) is 6.54 Å². The van der Waals surface area contributed by atoms with Crippen molar-refractivity contribution in [2.24, 2.45) is 5.92 Å². The van der Waals surface area contributed by atoms with Crippen LogP contribution in [-0.4, -0.2) is 20.1 Å². The highest BCUT2D eigenvalue weighted by Crippen LogP contribution is 2.19. The standard InChI is InChI=1S/C15H26N2/c1-5-10-17(4)15-9-7-6-8-14(15)12-16-11-13(2)3/h6-9,13,16H,5,10-12H2,1-4H3. The van der Waals surface area contributed by atoms with Gasteiger partial charge in [0.1, 0.15) is 0 Å². The van der Waals surface area contributed by atoms with Crippen LogP contribution in [0, 0.1) is 5.92 Å². The molecule has 2 nitrogen and oxygen atoms in total. The molecule has 0 heterocycles. The molecule has 0 saturated carbocycles. The maximum Gasteiger partial charge on any atom is 0.0409 e. The lowest BCUT2D eigenvalue weighted by molar-refractivity contribution is 0.552. The van der Waals surface area contributed by atoms with E-state index in [4.69, 9.17) is 0 Å². The Balaban J connectivity index is 2.63. The lowest BCUT2D eigenvalue weighted by Gasteiger charge is -2.22. The number of hydrogen-bond acceptors (Lipinski definition) is 2. The molecular formula is C15H26N2. The zero-order valence-electron chi connectivity index (χ0n) is 11.7. The van der Waals surface area contributed by atoms with Crippen molar-refractivity contribution in [3.63, 3.8) is 0 Å². The topological polar surface area (TPSA) is 15.3 Å². The zero-order valence-corrected chi connectivity index (χ0v) is 11.7. The second-order valence-corrected chi connectivity index (χ2v) is 5.08. The minimum absolute atomic E-state index is 0.704. The monoisotopic (exact) mass is 234 g/mol. The van der Waals surface area contributed by atoms with Crippen LogP contribution in [0.4, 0.5) is 5.69 Å². The molecule has 0 fully saturated rings. The number of benzene rings is 1. The molecule has 1 rings (SSSR count). The summed E-state index contributed by atoms with van der Waals surface area (Å²) < 4.78 is 0. The first-order valence-corrected chi connectivity index (χ1v) is 6.65. The highest BCUT2D eigenvalue weighted by molar-refractivity contribution is 5.52. The highest BCUT2D eigenvalue weighted by atomic mass is 15.1. The van der Waals surface area contributed by atoms with E-state index in [0.717, 1.165) is 19.6 Å². The third kappa shape index (κ3) is 4.78. The predicted molar refractivity (Wildman–Crippen MR) is 76.5 cm³/mol. The second kappa shape index (κ2) is 7.33. The van der Waals surface area contributed by atoms with E-state index in [9.17, 15) is 0 Å². The lowest BCUT2D eigenvalue weighted by atomic mass is 10.1. The Morgan fingerprint density at radius 3 is 2.59 bits per heavy atom. The molecule has 0 radical (unpaired) electrons. The van der Waals surface area contributed by atoms with Gasteiger partial charge in [0, 0.05) is 25.8 Å². The number of nitrogens with one attached hydrogen (secondary N) is 1. The molecule has 0 aliphatic carbocycles. The van der Waals surface area contributed by atoms with Gasteiger partial charge in [-0.25, -0.2) is 0 Å². The summed E-state index contributed by atoms with van der Waals surface area (Å²) in [5.41, 5.74) is 2.75. The highest BCUT2D eigenvalue weighted by Gasteiger charge is 2.05. The molecule has 0 aromatic heterocycles. The maximum absolute atomic E-state index is 3.51. The molecule has 0 spiro atoms. The van der Waals surface area contributed by atoms with E-state index in [1.54, 1.807) is 0 Å². The summed E-state index contributed by atoms with van der Waals surface area (Å²) in [5, 5.41) is 3.51. The molecule has 0 aliphatic heterocycles. The summed E-state index contributed by atoms with van der Waals surface area (Å²) in [5.74, 6) is 0.704. The van der Waals surface area contributed by atoms with Crippen LogP contribution in [0.1, 0.15) is 32.8 Å². The number of anilines is 1. The van der Waals surface area contributed by atoms with Gasteiger partial charge in [-0.1, -0.05) is 39.0 Å². The summed E-state index contributed by atoms with van der Waals surface area (Å²) in [6.07, 6.45) is 1.18. The van der Waals surface area contributed by atoms with Crippen LogP contribution in [0.25, 0.3) is 0 Å². The molecule has 1 N–H and O–H groups in total.